The molecule has 290 valence electrons. The molecule has 0 atom stereocenters. The molecule has 6 aromatic heterocycles. The maximum Gasteiger partial charge on any atom is 0.0894 e. The van der Waals surface area contributed by atoms with Crippen LogP contribution in [0.1, 0.15) is 0 Å². The van der Waals surface area contributed by atoms with E-state index in [0.29, 0.717) is 0 Å². The van der Waals surface area contributed by atoms with Crippen molar-refractivity contribution in [3.05, 3.63) is 218 Å². The van der Waals surface area contributed by atoms with Crippen LogP contribution in [0.3, 0.4) is 0 Å². The molecule has 12 aromatic rings. The standard InChI is InChI=1S/C56H36N6/c1-5-31-53-41(19-1)42-20-2-6-32-54(42)61(53)39-17-9-15-37(35-39)45-23-11-25-47(57-45)49-27-13-29-51(59-49)52-30-14-28-50(60-52)48-26-12-24-46(58-48)38-16-10-18-40(36-38)62-55-33-7-3-21-43(55)44-22-4-8-34-56(44)62/h1-36H. The highest BCUT2D eigenvalue weighted by atomic mass is 15.0. The molecule has 0 fully saturated rings. The van der Waals surface area contributed by atoms with E-state index in [9.17, 15) is 0 Å². The van der Waals surface area contributed by atoms with E-state index in [4.69, 9.17) is 19.9 Å². The Balaban J connectivity index is 0.850. The lowest BCUT2D eigenvalue weighted by Crippen LogP contribution is -1.97. The van der Waals surface area contributed by atoms with Gasteiger partial charge in [0.05, 0.1) is 67.6 Å². The van der Waals surface area contributed by atoms with Gasteiger partial charge in [0, 0.05) is 44.0 Å². The van der Waals surface area contributed by atoms with E-state index >= 15 is 0 Å². The van der Waals surface area contributed by atoms with E-state index in [0.717, 1.165) is 68.1 Å². The van der Waals surface area contributed by atoms with E-state index in [2.05, 4.69) is 179 Å². The summed E-state index contributed by atoms with van der Waals surface area (Å²) in [7, 11) is 0. The molecule has 6 heteroatoms. The first-order chi connectivity index (χ1) is 30.7. The number of hydrogen-bond acceptors (Lipinski definition) is 4. The number of nitrogens with zero attached hydrogens (tertiary/aromatic N) is 6. The van der Waals surface area contributed by atoms with Gasteiger partial charge in [-0.15, -0.1) is 0 Å². The fraction of sp³-hybridized carbons (Fsp3) is 0. The summed E-state index contributed by atoms with van der Waals surface area (Å²) in [6, 6.07) is 75.8. The zero-order chi connectivity index (χ0) is 41.0. The van der Waals surface area contributed by atoms with Crippen molar-refractivity contribution in [3.63, 3.8) is 0 Å². The van der Waals surface area contributed by atoms with Crippen LogP contribution in [0.25, 0.3) is 112 Å². The van der Waals surface area contributed by atoms with E-state index in [-0.39, 0.29) is 0 Å². The molecule has 0 aliphatic rings. The van der Waals surface area contributed by atoms with Crippen molar-refractivity contribution in [1.82, 2.24) is 29.1 Å². The van der Waals surface area contributed by atoms with Gasteiger partial charge in [-0.25, -0.2) is 19.9 Å². The maximum atomic E-state index is 5.15. The van der Waals surface area contributed by atoms with Crippen LogP contribution >= 0.6 is 0 Å². The van der Waals surface area contributed by atoms with Gasteiger partial charge in [-0.05, 0) is 97.1 Å². The Morgan fingerprint density at radius 1 is 0.226 bits per heavy atom. The van der Waals surface area contributed by atoms with Gasteiger partial charge >= 0.3 is 0 Å². The summed E-state index contributed by atoms with van der Waals surface area (Å²) >= 11 is 0. The second kappa shape index (κ2) is 14.7. The van der Waals surface area contributed by atoms with Crippen LogP contribution < -0.4 is 0 Å². The number of rotatable bonds is 7. The maximum absolute atomic E-state index is 5.15. The fourth-order valence-electron chi connectivity index (χ4n) is 8.93. The largest absolute Gasteiger partial charge is 0.309 e. The zero-order valence-electron chi connectivity index (χ0n) is 33.5. The third-order valence-corrected chi connectivity index (χ3v) is 11.7. The normalized spacial score (nSPS) is 11.5. The van der Waals surface area contributed by atoms with Gasteiger partial charge in [-0.1, -0.05) is 121 Å². The summed E-state index contributed by atoms with van der Waals surface area (Å²) in [6.07, 6.45) is 0. The molecule has 0 radical (unpaired) electrons. The van der Waals surface area contributed by atoms with Crippen LogP contribution in [0, 0.1) is 0 Å². The molecular weight excluding hydrogens is 757 g/mol. The van der Waals surface area contributed by atoms with Crippen molar-refractivity contribution < 1.29 is 0 Å². The number of pyridine rings is 4. The second-order valence-corrected chi connectivity index (χ2v) is 15.5. The van der Waals surface area contributed by atoms with Crippen molar-refractivity contribution in [2.24, 2.45) is 0 Å². The molecule has 0 aliphatic heterocycles. The molecule has 6 nitrogen and oxygen atoms in total. The average Bonchev–Trinajstić information content (AvgIpc) is 3.87. The lowest BCUT2D eigenvalue weighted by Gasteiger charge is -2.11. The van der Waals surface area contributed by atoms with Crippen LogP contribution in [0.2, 0.25) is 0 Å². The summed E-state index contributed by atoms with van der Waals surface area (Å²) in [6.45, 7) is 0. The Morgan fingerprint density at radius 3 is 0.806 bits per heavy atom. The van der Waals surface area contributed by atoms with Crippen molar-refractivity contribution >= 4 is 43.6 Å². The molecule has 0 N–H and O–H groups in total. The summed E-state index contributed by atoms with van der Waals surface area (Å²) in [5.74, 6) is 0. The van der Waals surface area contributed by atoms with E-state index in [1.54, 1.807) is 0 Å². The van der Waals surface area contributed by atoms with E-state index < -0.39 is 0 Å². The highest BCUT2D eigenvalue weighted by Gasteiger charge is 2.16. The molecule has 0 spiro atoms. The number of aromatic nitrogens is 6. The van der Waals surface area contributed by atoms with Crippen molar-refractivity contribution in [3.8, 4) is 68.1 Å². The first-order valence-corrected chi connectivity index (χ1v) is 20.8. The minimum absolute atomic E-state index is 0.764. The third kappa shape index (κ3) is 6.04. The van der Waals surface area contributed by atoms with Crippen LogP contribution in [-0.4, -0.2) is 29.1 Å². The van der Waals surface area contributed by atoms with E-state index in [1.165, 1.54) is 43.6 Å². The van der Waals surface area contributed by atoms with Gasteiger partial charge in [0.15, 0.2) is 0 Å². The quantitative estimate of drug-likeness (QED) is 0.161. The minimum atomic E-state index is 0.764. The number of fused-ring (bicyclic) bond motifs is 6. The average molecular weight is 793 g/mol. The van der Waals surface area contributed by atoms with Crippen LogP contribution in [-0.2, 0) is 0 Å². The molecule has 12 rings (SSSR count). The molecule has 0 saturated carbocycles. The zero-order valence-corrected chi connectivity index (χ0v) is 33.5. The van der Waals surface area contributed by atoms with Gasteiger partial charge in [-0.3, -0.25) is 0 Å². The Kier molecular flexibility index (Phi) is 8.38. The Bertz CT molecular complexity index is 3320. The van der Waals surface area contributed by atoms with Gasteiger partial charge < -0.3 is 9.13 Å². The lowest BCUT2D eigenvalue weighted by molar-refractivity contribution is 1.17. The van der Waals surface area contributed by atoms with E-state index in [1.807, 2.05) is 48.5 Å². The molecule has 0 aliphatic carbocycles. The van der Waals surface area contributed by atoms with Gasteiger partial charge in [0.2, 0.25) is 0 Å². The predicted molar refractivity (Wildman–Crippen MR) is 253 cm³/mol. The molecule has 0 unspecified atom stereocenters. The molecular formula is C56H36N6. The first-order valence-electron chi connectivity index (χ1n) is 20.8. The molecule has 62 heavy (non-hydrogen) atoms. The molecule has 0 amide bonds. The molecule has 0 saturated heterocycles. The van der Waals surface area contributed by atoms with Crippen molar-refractivity contribution in [2.45, 2.75) is 0 Å². The smallest absolute Gasteiger partial charge is 0.0894 e. The fourth-order valence-corrected chi connectivity index (χ4v) is 8.93. The number of para-hydroxylation sites is 4. The van der Waals surface area contributed by atoms with Crippen molar-refractivity contribution in [2.75, 3.05) is 0 Å². The van der Waals surface area contributed by atoms with Crippen molar-refractivity contribution in [1.29, 1.82) is 0 Å². The first kappa shape index (κ1) is 35.5. The SMILES string of the molecule is c1cc(-c2cccc(-c3cccc(-c4cccc(-c5cccc(-c6cccc(-n7c8ccccc8c8ccccc87)c6)n5)n4)n3)n2)cc(-n2c3ccccc3c3ccccc32)c1. The minimum Gasteiger partial charge on any atom is -0.309 e. The summed E-state index contributed by atoms with van der Waals surface area (Å²) in [4.78, 5) is 20.5. The summed E-state index contributed by atoms with van der Waals surface area (Å²) in [5.41, 5.74) is 15.4. The van der Waals surface area contributed by atoms with Crippen LogP contribution in [0.15, 0.2) is 218 Å². The van der Waals surface area contributed by atoms with Crippen LogP contribution in [0.4, 0.5) is 0 Å². The predicted octanol–water partition coefficient (Wildman–Crippen LogP) is 13.8. The molecule has 6 heterocycles. The Morgan fingerprint density at radius 2 is 0.484 bits per heavy atom. The summed E-state index contributed by atoms with van der Waals surface area (Å²) in [5, 5.41) is 4.95. The Labute approximate surface area is 357 Å². The van der Waals surface area contributed by atoms with Gasteiger partial charge in [-0.2, -0.15) is 0 Å². The van der Waals surface area contributed by atoms with Gasteiger partial charge in [0.25, 0.3) is 0 Å². The number of benzene rings is 6. The molecule has 0 bridgehead atoms. The summed E-state index contributed by atoms with van der Waals surface area (Å²) < 4.78 is 4.67. The van der Waals surface area contributed by atoms with Crippen LogP contribution in [0.5, 0.6) is 0 Å². The number of hydrogen-bond donors (Lipinski definition) is 0. The van der Waals surface area contributed by atoms with Gasteiger partial charge in [0.1, 0.15) is 0 Å². The highest BCUT2D eigenvalue weighted by Crippen LogP contribution is 2.35. The monoisotopic (exact) mass is 792 g/mol. The second-order valence-electron chi connectivity index (χ2n) is 15.5. The molecule has 6 aromatic carbocycles. The highest BCUT2D eigenvalue weighted by molar-refractivity contribution is 6.10. The third-order valence-electron chi connectivity index (χ3n) is 11.7. The topological polar surface area (TPSA) is 61.4 Å². The lowest BCUT2D eigenvalue weighted by atomic mass is 10.1. The Hall–Kier alpha value is -8.48.